The largest absolute Gasteiger partial charge is 0.497 e. The number of hydrogen-bond acceptors (Lipinski definition) is 5. The van der Waals surface area contributed by atoms with Crippen molar-refractivity contribution in [1.29, 1.82) is 0 Å². The Balaban J connectivity index is 0.000000757. The smallest absolute Gasteiger partial charge is 0.132 e. The molecule has 5 nitrogen and oxygen atoms in total. The van der Waals surface area contributed by atoms with E-state index in [2.05, 4.69) is 140 Å². The third kappa shape index (κ3) is 9.41. The first-order valence-corrected chi connectivity index (χ1v) is 20.7. The van der Waals surface area contributed by atoms with Gasteiger partial charge < -0.3 is 18.9 Å². The van der Waals surface area contributed by atoms with Crippen LogP contribution in [0.1, 0.15) is 76.6 Å². The maximum Gasteiger partial charge on any atom is 0.132 e. The molecule has 0 unspecified atom stereocenters. The van der Waals surface area contributed by atoms with Crippen molar-refractivity contribution in [3.63, 3.8) is 0 Å². The second kappa shape index (κ2) is 18.4. The van der Waals surface area contributed by atoms with Crippen LogP contribution in [0.2, 0.25) is 0 Å². The Hall–Kier alpha value is -5.81. The molecule has 6 aromatic rings. The molecule has 5 heteroatoms. The first-order chi connectivity index (χ1) is 28.2. The zero-order valence-corrected chi connectivity index (χ0v) is 37.2. The molecule has 0 aromatic heterocycles. The lowest BCUT2D eigenvalue weighted by atomic mass is 9.85. The van der Waals surface area contributed by atoms with Crippen LogP contribution < -0.4 is 18.9 Å². The van der Waals surface area contributed by atoms with Crippen LogP contribution in [0.3, 0.4) is 0 Å². The molecule has 1 aliphatic rings. The van der Waals surface area contributed by atoms with E-state index in [1.54, 1.807) is 28.4 Å². The van der Waals surface area contributed by atoms with Crippen LogP contribution in [-0.2, 0) is 4.79 Å². The minimum absolute atomic E-state index is 0.464. The molecule has 0 spiro atoms. The minimum atomic E-state index is 0.464. The van der Waals surface area contributed by atoms with Crippen LogP contribution in [-0.4, -0.2) is 34.2 Å². The summed E-state index contributed by atoms with van der Waals surface area (Å²) in [6, 6.07) is 31.1. The van der Waals surface area contributed by atoms with Gasteiger partial charge in [-0.05, 0) is 253 Å². The molecule has 0 heterocycles. The average molecular weight is 789 g/mol. The van der Waals surface area contributed by atoms with Gasteiger partial charge >= 0.3 is 0 Å². The number of ketones is 1. The van der Waals surface area contributed by atoms with E-state index in [-0.39, 0.29) is 0 Å². The van der Waals surface area contributed by atoms with Gasteiger partial charge in [0, 0.05) is 12.8 Å². The van der Waals surface area contributed by atoms with Crippen molar-refractivity contribution in [2.45, 2.75) is 87.5 Å². The molecule has 7 rings (SSSR count). The molecule has 306 valence electrons. The van der Waals surface area contributed by atoms with Gasteiger partial charge in [-0.15, -0.1) is 0 Å². The molecule has 0 radical (unpaired) electrons. The number of Topliss-reactive ketones (excluding diaryl/α,β-unsaturated/α-hetero) is 1. The number of aryl methyl sites for hydroxylation is 8. The van der Waals surface area contributed by atoms with E-state index < -0.39 is 0 Å². The Morgan fingerprint density at radius 1 is 0.305 bits per heavy atom. The number of benzene rings is 6. The Bertz CT molecular complexity index is 2100. The third-order valence-corrected chi connectivity index (χ3v) is 11.7. The van der Waals surface area contributed by atoms with E-state index in [1.165, 1.54) is 95.4 Å². The molecule has 0 amide bonds. The van der Waals surface area contributed by atoms with Gasteiger partial charge in [0.05, 0.1) is 28.4 Å². The SMILES string of the molecule is COc1cc(C)c(-c2cc(-c3cc(-c4c(C)cc(OC)cc4C)cc(-c4c(C)cc(OC)cc4C)c3)cc(-c3c(C)cc(OC)cc3C)c2)c(C)c1.O=C1CCCCC1. The van der Waals surface area contributed by atoms with Crippen molar-refractivity contribution in [3.05, 3.63) is 129 Å². The van der Waals surface area contributed by atoms with Crippen molar-refractivity contribution < 1.29 is 23.7 Å². The number of carbonyl (C=O) groups is 1. The normalized spacial score (nSPS) is 12.4. The lowest BCUT2D eigenvalue weighted by Gasteiger charge is -2.20. The third-order valence-electron chi connectivity index (χ3n) is 11.7. The monoisotopic (exact) mass is 788 g/mol. The second-order valence-corrected chi connectivity index (χ2v) is 16.2. The van der Waals surface area contributed by atoms with E-state index in [9.17, 15) is 4.79 Å². The van der Waals surface area contributed by atoms with Gasteiger partial charge in [-0.2, -0.15) is 0 Å². The standard InChI is InChI=1S/C48H50O4.C6H10O/c1-27-13-41(49-9)14-28(2)45(27)37-21-35(22-38(25-37)46-29(3)15-42(50-10)16-30(46)4)36-23-39(47-31(5)17-43(51-11)18-32(47)6)26-40(24-36)48-33(7)19-44(52-12)20-34(48)8;7-6-4-2-1-3-5-6/h13-26H,1-12H3;1-5H2. The van der Waals surface area contributed by atoms with Gasteiger partial charge in [-0.3, -0.25) is 4.79 Å². The molecule has 1 fully saturated rings. The average Bonchev–Trinajstić information content (AvgIpc) is 3.20. The molecule has 1 saturated carbocycles. The van der Waals surface area contributed by atoms with Gasteiger partial charge in [0.2, 0.25) is 0 Å². The highest BCUT2D eigenvalue weighted by atomic mass is 16.5. The highest BCUT2D eigenvalue weighted by Crippen LogP contribution is 2.43. The van der Waals surface area contributed by atoms with E-state index in [0.29, 0.717) is 5.78 Å². The minimum Gasteiger partial charge on any atom is -0.497 e. The fourth-order valence-electron chi connectivity index (χ4n) is 9.10. The lowest BCUT2D eigenvalue weighted by molar-refractivity contribution is -0.120. The summed E-state index contributed by atoms with van der Waals surface area (Å²) in [5.41, 5.74) is 21.2. The van der Waals surface area contributed by atoms with Gasteiger partial charge in [-0.1, -0.05) is 6.42 Å². The van der Waals surface area contributed by atoms with Gasteiger partial charge in [-0.25, -0.2) is 0 Å². The Morgan fingerprint density at radius 3 is 0.678 bits per heavy atom. The number of carbonyl (C=O) groups excluding carboxylic acids is 1. The van der Waals surface area contributed by atoms with Gasteiger partial charge in [0.15, 0.2) is 0 Å². The summed E-state index contributed by atoms with van der Waals surface area (Å²) in [7, 11) is 6.91. The summed E-state index contributed by atoms with van der Waals surface area (Å²) >= 11 is 0. The number of rotatable bonds is 9. The van der Waals surface area contributed by atoms with Crippen molar-refractivity contribution in [3.8, 4) is 78.6 Å². The predicted molar refractivity (Wildman–Crippen MR) is 246 cm³/mol. The first kappa shape index (κ1) is 42.8. The zero-order valence-electron chi connectivity index (χ0n) is 37.2. The molecular weight excluding hydrogens is 729 g/mol. The predicted octanol–water partition coefficient (Wildman–Crippen LogP) is 14.0. The van der Waals surface area contributed by atoms with Crippen LogP contribution in [0.25, 0.3) is 55.6 Å². The van der Waals surface area contributed by atoms with Crippen molar-refractivity contribution in [1.82, 2.24) is 0 Å². The number of hydrogen-bond donors (Lipinski definition) is 0. The van der Waals surface area contributed by atoms with E-state index in [4.69, 9.17) is 18.9 Å². The first-order valence-electron chi connectivity index (χ1n) is 20.7. The lowest BCUT2D eigenvalue weighted by Crippen LogP contribution is -2.02. The van der Waals surface area contributed by atoms with Crippen molar-refractivity contribution in [2.24, 2.45) is 0 Å². The van der Waals surface area contributed by atoms with Crippen LogP contribution in [0.4, 0.5) is 0 Å². The Kier molecular flexibility index (Phi) is 13.4. The number of ether oxygens (including phenoxy) is 4. The summed E-state index contributed by atoms with van der Waals surface area (Å²) in [6.07, 6.45) is 5.24. The van der Waals surface area contributed by atoms with Crippen LogP contribution in [0.15, 0.2) is 84.9 Å². The van der Waals surface area contributed by atoms with Crippen LogP contribution in [0.5, 0.6) is 23.0 Å². The summed E-state index contributed by atoms with van der Waals surface area (Å²) in [6.45, 7) is 17.4. The molecule has 59 heavy (non-hydrogen) atoms. The fraction of sp³-hybridized carbons (Fsp3) is 0.315. The maximum absolute atomic E-state index is 10.5. The maximum atomic E-state index is 10.5. The zero-order chi connectivity index (χ0) is 42.5. The molecular formula is C54H60O5. The van der Waals surface area contributed by atoms with E-state index in [1.807, 2.05) is 0 Å². The highest BCUT2D eigenvalue weighted by molar-refractivity contribution is 5.90. The Labute approximate surface area is 352 Å². The van der Waals surface area contributed by atoms with Gasteiger partial charge in [0.25, 0.3) is 0 Å². The fourth-order valence-corrected chi connectivity index (χ4v) is 9.10. The van der Waals surface area contributed by atoms with Crippen LogP contribution >= 0.6 is 0 Å². The van der Waals surface area contributed by atoms with Crippen molar-refractivity contribution in [2.75, 3.05) is 28.4 Å². The van der Waals surface area contributed by atoms with E-state index >= 15 is 0 Å². The summed E-state index contributed by atoms with van der Waals surface area (Å²) < 4.78 is 22.6. The van der Waals surface area contributed by atoms with E-state index in [0.717, 1.165) is 59.8 Å². The molecule has 0 atom stereocenters. The molecule has 0 bridgehead atoms. The highest BCUT2D eigenvalue weighted by Gasteiger charge is 2.19. The molecule has 0 aliphatic heterocycles. The summed E-state index contributed by atoms with van der Waals surface area (Å²) in [5, 5.41) is 0. The molecule has 1 aliphatic carbocycles. The summed E-state index contributed by atoms with van der Waals surface area (Å²) in [5.74, 6) is 3.93. The molecule has 0 saturated heterocycles. The van der Waals surface area contributed by atoms with Crippen LogP contribution in [0, 0.1) is 55.4 Å². The number of methoxy groups -OCH3 is 4. The molecule has 6 aromatic carbocycles. The van der Waals surface area contributed by atoms with Crippen molar-refractivity contribution >= 4 is 5.78 Å². The second-order valence-electron chi connectivity index (χ2n) is 16.2. The summed E-state index contributed by atoms with van der Waals surface area (Å²) in [4.78, 5) is 10.5. The quantitative estimate of drug-likeness (QED) is 0.146. The Morgan fingerprint density at radius 2 is 0.508 bits per heavy atom. The molecule has 0 N–H and O–H groups in total. The van der Waals surface area contributed by atoms with Gasteiger partial charge in [0.1, 0.15) is 28.8 Å². The topological polar surface area (TPSA) is 54.0 Å².